The Hall–Kier alpha value is -1.62. The molecule has 0 bridgehead atoms. The van der Waals surface area contributed by atoms with Gasteiger partial charge >= 0.3 is 6.09 Å². The minimum absolute atomic E-state index is 0.118. The summed E-state index contributed by atoms with van der Waals surface area (Å²) >= 11 is 0. The molecule has 21 heavy (non-hydrogen) atoms. The van der Waals surface area contributed by atoms with E-state index in [2.05, 4.69) is 0 Å². The van der Waals surface area contributed by atoms with Gasteiger partial charge in [-0.2, -0.15) is 0 Å². The maximum absolute atomic E-state index is 14.1. The van der Waals surface area contributed by atoms with Crippen molar-refractivity contribution in [3.05, 3.63) is 35.1 Å². The molecule has 1 aromatic rings. The van der Waals surface area contributed by atoms with Gasteiger partial charge in [0.2, 0.25) is 0 Å². The molecule has 0 radical (unpaired) electrons. The van der Waals surface area contributed by atoms with Gasteiger partial charge in [0.1, 0.15) is 5.82 Å². The smallest absolute Gasteiger partial charge is 0.411 e. The van der Waals surface area contributed by atoms with E-state index in [0.29, 0.717) is 25.2 Å². The van der Waals surface area contributed by atoms with Crippen molar-refractivity contribution in [3.63, 3.8) is 0 Å². The van der Waals surface area contributed by atoms with Gasteiger partial charge in [-0.3, -0.25) is 4.90 Å². The monoisotopic (exact) mass is 295 g/mol. The molecule has 1 aliphatic rings. The number of benzene rings is 1. The van der Waals surface area contributed by atoms with Gasteiger partial charge in [-0.05, 0) is 23.5 Å². The van der Waals surface area contributed by atoms with Crippen LogP contribution in [0.3, 0.4) is 0 Å². The lowest BCUT2D eigenvalue weighted by atomic mass is 9.99. The van der Waals surface area contributed by atoms with Crippen molar-refractivity contribution < 1.29 is 18.7 Å². The highest BCUT2D eigenvalue weighted by molar-refractivity contribution is 5.68. The van der Waals surface area contributed by atoms with E-state index in [4.69, 9.17) is 9.47 Å². The number of ether oxygens (including phenoxy) is 2. The Morgan fingerprint density at radius 3 is 2.86 bits per heavy atom. The first kappa shape index (κ1) is 15.8. The highest BCUT2D eigenvalue weighted by Crippen LogP contribution is 2.31. The molecule has 0 N–H and O–H groups in total. The first-order chi connectivity index (χ1) is 9.79. The minimum atomic E-state index is -0.734. The van der Waals surface area contributed by atoms with Crippen LogP contribution in [0.4, 0.5) is 9.18 Å². The van der Waals surface area contributed by atoms with E-state index in [1.807, 2.05) is 26.8 Å². The number of hydrogen-bond acceptors (Lipinski definition) is 3. The van der Waals surface area contributed by atoms with Crippen LogP contribution in [0.15, 0.2) is 18.2 Å². The lowest BCUT2D eigenvalue weighted by molar-refractivity contribution is -0.0581. The molecule has 1 unspecified atom stereocenters. The first-order valence-corrected chi connectivity index (χ1v) is 7.08. The fraction of sp³-hybridized carbons (Fsp3) is 0.562. The SMILES string of the molecule is CN(C(=O)OCC(C)(C)C)C1OCCc2cccc(F)c21. The second-order valence-electron chi connectivity index (χ2n) is 6.51. The Balaban J connectivity index is 2.14. The maximum Gasteiger partial charge on any atom is 0.411 e. The molecular weight excluding hydrogens is 273 g/mol. The van der Waals surface area contributed by atoms with E-state index in [-0.39, 0.29) is 11.2 Å². The van der Waals surface area contributed by atoms with Crippen molar-refractivity contribution in [3.8, 4) is 0 Å². The van der Waals surface area contributed by atoms with Crippen LogP contribution in [0.5, 0.6) is 0 Å². The van der Waals surface area contributed by atoms with Gasteiger partial charge in [0, 0.05) is 12.6 Å². The molecule has 1 aromatic carbocycles. The molecule has 1 aliphatic heterocycles. The lowest BCUT2D eigenvalue weighted by Gasteiger charge is -2.33. The molecule has 0 aromatic heterocycles. The molecule has 0 aliphatic carbocycles. The van der Waals surface area contributed by atoms with E-state index < -0.39 is 12.3 Å². The van der Waals surface area contributed by atoms with Crippen molar-refractivity contribution in [1.82, 2.24) is 4.90 Å². The first-order valence-electron chi connectivity index (χ1n) is 7.08. The van der Waals surface area contributed by atoms with Crippen LogP contribution in [0.25, 0.3) is 0 Å². The number of fused-ring (bicyclic) bond motifs is 1. The molecule has 0 fully saturated rings. The van der Waals surface area contributed by atoms with E-state index in [9.17, 15) is 9.18 Å². The average molecular weight is 295 g/mol. The lowest BCUT2D eigenvalue weighted by Crippen LogP contribution is -2.37. The van der Waals surface area contributed by atoms with Crippen LogP contribution in [0, 0.1) is 11.2 Å². The summed E-state index contributed by atoms with van der Waals surface area (Å²) in [6.45, 7) is 6.69. The van der Waals surface area contributed by atoms with Crippen LogP contribution < -0.4 is 0 Å². The van der Waals surface area contributed by atoms with E-state index in [0.717, 1.165) is 5.56 Å². The molecular formula is C16H22FNO3. The topological polar surface area (TPSA) is 38.8 Å². The third-order valence-corrected chi connectivity index (χ3v) is 3.31. The summed E-state index contributed by atoms with van der Waals surface area (Å²) < 4.78 is 24.9. The van der Waals surface area contributed by atoms with E-state index in [1.165, 1.54) is 11.0 Å². The molecule has 116 valence electrons. The Bertz CT molecular complexity index is 525. The number of carbonyl (C=O) groups is 1. The van der Waals surface area contributed by atoms with Crippen molar-refractivity contribution in [2.75, 3.05) is 20.3 Å². The second kappa shape index (κ2) is 6.02. The summed E-state index contributed by atoms with van der Waals surface area (Å²) in [5, 5.41) is 0. The van der Waals surface area contributed by atoms with E-state index >= 15 is 0 Å². The average Bonchev–Trinajstić information content (AvgIpc) is 2.43. The molecule has 2 rings (SSSR count). The predicted octanol–water partition coefficient (Wildman–Crippen LogP) is 3.51. The minimum Gasteiger partial charge on any atom is -0.449 e. The molecule has 1 amide bonds. The molecule has 5 heteroatoms. The van der Waals surface area contributed by atoms with Crippen LogP contribution in [-0.4, -0.2) is 31.3 Å². The van der Waals surface area contributed by atoms with Crippen molar-refractivity contribution >= 4 is 6.09 Å². The third kappa shape index (κ3) is 3.73. The summed E-state index contributed by atoms with van der Waals surface area (Å²) in [6.07, 6.45) is -0.595. The van der Waals surface area contributed by atoms with Crippen LogP contribution in [0.1, 0.15) is 38.1 Å². The zero-order valence-electron chi connectivity index (χ0n) is 13.0. The van der Waals surface area contributed by atoms with Gasteiger partial charge in [0.15, 0.2) is 6.23 Å². The normalized spacial score (nSPS) is 18.0. The van der Waals surface area contributed by atoms with Gasteiger partial charge in [-0.15, -0.1) is 0 Å². The molecule has 0 spiro atoms. The highest BCUT2D eigenvalue weighted by Gasteiger charge is 2.31. The standard InChI is InChI=1S/C16H22FNO3/c1-16(2,3)10-21-15(19)18(4)14-13-11(8-9-20-14)6-5-7-12(13)17/h5-7,14H,8-10H2,1-4H3. The molecule has 4 nitrogen and oxygen atoms in total. The Morgan fingerprint density at radius 2 is 2.19 bits per heavy atom. The quantitative estimate of drug-likeness (QED) is 0.838. The zero-order valence-corrected chi connectivity index (χ0v) is 13.0. The third-order valence-electron chi connectivity index (χ3n) is 3.31. The van der Waals surface area contributed by atoms with Crippen molar-refractivity contribution in [2.24, 2.45) is 5.41 Å². The number of amides is 1. The molecule has 1 atom stereocenters. The van der Waals surface area contributed by atoms with Gasteiger partial charge in [-0.25, -0.2) is 9.18 Å². The van der Waals surface area contributed by atoms with Gasteiger partial charge in [-0.1, -0.05) is 32.9 Å². The summed E-state index contributed by atoms with van der Waals surface area (Å²) in [4.78, 5) is 13.4. The number of carbonyl (C=O) groups excluding carboxylic acids is 1. The van der Waals surface area contributed by atoms with Gasteiger partial charge < -0.3 is 9.47 Å². The number of rotatable bonds is 2. The molecule has 1 heterocycles. The maximum atomic E-state index is 14.1. The van der Waals surface area contributed by atoms with Crippen LogP contribution in [0.2, 0.25) is 0 Å². The number of hydrogen-bond donors (Lipinski definition) is 0. The van der Waals surface area contributed by atoms with Crippen molar-refractivity contribution in [1.29, 1.82) is 0 Å². The number of halogens is 1. The number of nitrogens with zero attached hydrogens (tertiary/aromatic N) is 1. The molecule has 0 saturated heterocycles. The zero-order chi connectivity index (χ0) is 15.6. The summed E-state index contributed by atoms with van der Waals surface area (Å²) in [6, 6.07) is 4.92. The summed E-state index contributed by atoms with van der Waals surface area (Å²) in [5.41, 5.74) is 1.19. The highest BCUT2D eigenvalue weighted by atomic mass is 19.1. The van der Waals surface area contributed by atoms with Gasteiger partial charge in [0.25, 0.3) is 0 Å². The van der Waals surface area contributed by atoms with Crippen molar-refractivity contribution in [2.45, 2.75) is 33.4 Å². The molecule has 0 saturated carbocycles. The predicted molar refractivity (Wildman–Crippen MR) is 77.4 cm³/mol. The fourth-order valence-electron chi connectivity index (χ4n) is 2.22. The Kier molecular flexibility index (Phi) is 4.52. The summed E-state index contributed by atoms with van der Waals surface area (Å²) in [5.74, 6) is -0.354. The Labute approximate surface area is 124 Å². The fourth-order valence-corrected chi connectivity index (χ4v) is 2.22. The van der Waals surface area contributed by atoms with E-state index in [1.54, 1.807) is 13.1 Å². The van der Waals surface area contributed by atoms with Crippen LogP contribution in [-0.2, 0) is 15.9 Å². The Morgan fingerprint density at radius 1 is 1.48 bits per heavy atom. The van der Waals surface area contributed by atoms with Crippen LogP contribution >= 0.6 is 0 Å². The largest absolute Gasteiger partial charge is 0.449 e. The second-order valence-corrected chi connectivity index (χ2v) is 6.51. The summed E-state index contributed by atoms with van der Waals surface area (Å²) in [7, 11) is 1.57. The van der Waals surface area contributed by atoms with Gasteiger partial charge in [0.05, 0.1) is 13.2 Å².